The van der Waals surface area contributed by atoms with E-state index in [0.29, 0.717) is 23.7 Å². The van der Waals surface area contributed by atoms with Crippen LogP contribution in [0.25, 0.3) is 0 Å². The average molecular weight is 302 g/mol. The zero-order valence-corrected chi connectivity index (χ0v) is 12.3. The Morgan fingerprint density at radius 1 is 1.19 bits per heavy atom. The minimum atomic E-state index is -0.174. The summed E-state index contributed by atoms with van der Waals surface area (Å²) in [7, 11) is 0. The molecule has 0 bridgehead atoms. The van der Waals surface area contributed by atoms with Crippen molar-refractivity contribution in [1.29, 1.82) is 0 Å². The van der Waals surface area contributed by atoms with Crippen molar-refractivity contribution in [3.05, 3.63) is 70.2 Å². The fourth-order valence-electron chi connectivity index (χ4n) is 2.57. The molecule has 1 amide bonds. The molecule has 0 aromatic heterocycles. The van der Waals surface area contributed by atoms with Gasteiger partial charge in [-0.2, -0.15) is 0 Å². The van der Waals surface area contributed by atoms with Gasteiger partial charge in [0, 0.05) is 6.54 Å². The molecule has 0 saturated heterocycles. The number of fused-ring (bicyclic) bond motifs is 1. The lowest BCUT2D eigenvalue weighted by atomic mass is 9.97. The van der Waals surface area contributed by atoms with Gasteiger partial charge in [-0.3, -0.25) is 4.79 Å². The first-order valence-corrected chi connectivity index (χ1v) is 7.35. The van der Waals surface area contributed by atoms with Gasteiger partial charge in [-0.05, 0) is 29.7 Å². The summed E-state index contributed by atoms with van der Waals surface area (Å²) in [6, 6.07) is 15.2. The molecule has 4 heteroatoms. The van der Waals surface area contributed by atoms with Crippen LogP contribution >= 0.6 is 11.6 Å². The summed E-state index contributed by atoms with van der Waals surface area (Å²) in [5.41, 5.74) is 2.94. The van der Waals surface area contributed by atoms with E-state index in [4.69, 9.17) is 16.3 Å². The lowest BCUT2D eigenvalue weighted by molar-refractivity contribution is 0.0411. The lowest BCUT2D eigenvalue weighted by Gasteiger charge is -2.26. The van der Waals surface area contributed by atoms with E-state index in [0.717, 1.165) is 12.0 Å². The third-order valence-corrected chi connectivity index (χ3v) is 3.99. The van der Waals surface area contributed by atoms with Crippen molar-refractivity contribution in [2.75, 3.05) is 13.2 Å². The largest absolute Gasteiger partial charge is 0.371 e. The quantitative estimate of drug-likeness (QED) is 0.944. The fraction of sp³-hybridized carbons (Fsp3) is 0.235. The number of nitrogens with one attached hydrogen (secondary N) is 1. The van der Waals surface area contributed by atoms with Gasteiger partial charge in [-0.25, -0.2) is 0 Å². The molecule has 0 spiro atoms. The van der Waals surface area contributed by atoms with Crippen molar-refractivity contribution in [3.63, 3.8) is 0 Å². The van der Waals surface area contributed by atoms with Crippen LogP contribution in [0.2, 0.25) is 5.02 Å². The topological polar surface area (TPSA) is 38.3 Å². The number of ether oxygens (including phenoxy) is 1. The first-order chi connectivity index (χ1) is 10.3. The molecular weight excluding hydrogens is 286 g/mol. The summed E-state index contributed by atoms with van der Waals surface area (Å²) in [5.74, 6) is -0.174. The molecule has 3 rings (SSSR count). The molecule has 0 aliphatic carbocycles. The molecule has 1 heterocycles. The maximum atomic E-state index is 12.2. The Morgan fingerprint density at radius 2 is 1.95 bits per heavy atom. The molecule has 1 N–H and O–H groups in total. The van der Waals surface area contributed by atoms with Gasteiger partial charge in [0.2, 0.25) is 0 Å². The van der Waals surface area contributed by atoms with E-state index in [1.54, 1.807) is 24.3 Å². The van der Waals surface area contributed by atoms with E-state index in [-0.39, 0.29) is 12.0 Å². The van der Waals surface area contributed by atoms with Gasteiger partial charge in [0.05, 0.1) is 17.2 Å². The van der Waals surface area contributed by atoms with Gasteiger partial charge < -0.3 is 10.1 Å². The van der Waals surface area contributed by atoms with Crippen LogP contribution in [0, 0.1) is 0 Å². The van der Waals surface area contributed by atoms with E-state index < -0.39 is 0 Å². The summed E-state index contributed by atoms with van der Waals surface area (Å²) < 4.78 is 5.77. The predicted molar refractivity (Wildman–Crippen MR) is 82.6 cm³/mol. The molecule has 2 aromatic rings. The molecule has 0 radical (unpaired) electrons. The van der Waals surface area contributed by atoms with Crippen molar-refractivity contribution in [2.45, 2.75) is 12.5 Å². The number of benzene rings is 2. The summed E-state index contributed by atoms with van der Waals surface area (Å²) in [6.45, 7) is 1.13. The van der Waals surface area contributed by atoms with E-state index in [2.05, 4.69) is 17.4 Å². The predicted octanol–water partition coefficient (Wildman–Crippen LogP) is 3.38. The Balaban J connectivity index is 1.69. The second kappa shape index (κ2) is 6.29. The number of halogens is 1. The van der Waals surface area contributed by atoms with Crippen LogP contribution in [0.4, 0.5) is 0 Å². The maximum absolute atomic E-state index is 12.2. The number of amides is 1. The van der Waals surface area contributed by atoms with Gasteiger partial charge >= 0.3 is 0 Å². The van der Waals surface area contributed by atoms with Crippen LogP contribution in [0.3, 0.4) is 0 Å². The monoisotopic (exact) mass is 301 g/mol. The second-order valence-corrected chi connectivity index (χ2v) is 5.41. The fourth-order valence-corrected chi connectivity index (χ4v) is 2.79. The van der Waals surface area contributed by atoms with E-state index in [1.807, 2.05) is 12.1 Å². The maximum Gasteiger partial charge on any atom is 0.252 e. The highest BCUT2D eigenvalue weighted by molar-refractivity contribution is 6.33. The highest BCUT2D eigenvalue weighted by Gasteiger charge is 2.21. The zero-order chi connectivity index (χ0) is 14.7. The number of hydrogen-bond acceptors (Lipinski definition) is 2. The average Bonchev–Trinajstić information content (AvgIpc) is 2.53. The zero-order valence-electron chi connectivity index (χ0n) is 11.5. The first-order valence-electron chi connectivity index (χ1n) is 6.98. The number of carbonyl (C=O) groups is 1. The van der Waals surface area contributed by atoms with Crippen LogP contribution in [0.5, 0.6) is 0 Å². The standard InChI is InChI=1S/C17H16ClNO2/c18-15-8-4-3-7-14(15)17(20)19-11-16-13-6-2-1-5-12(13)9-10-21-16/h1-8,16H,9-11H2,(H,19,20)/t16-/m0/s1. The summed E-state index contributed by atoms with van der Waals surface area (Å²) in [5, 5.41) is 3.36. The molecule has 0 unspecified atom stereocenters. The summed E-state index contributed by atoms with van der Waals surface area (Å²) >= 11 is 6.03. The van der Waals surface area contributed by atoms with E-state index in [1.165, 1.54) is 5.56 Å². The van der Waals surface area contributed by atoms with Crippen molar-refractivity contribution in [3.8, 4) is 0 Å². The van der Waals surface area contributed by atoms with Gasteiger partial charge in [-0.15, -0.1) is 0 Å². The van der Waals surface area contributed by atoms with Gasteiger partial charge in [0.25, 0.3) is 5.91 Å². The SMILES string of the molecule is O=C(NC[C@@H]1OCCc2ccccc21)c1ccccc1Cl. The highest BCUT2D eigenvalue weighted by Crippen LogP contribution is 2.26. The minimum absolute atomic E-state index is 0.0959. The third kappa shape index (κ3) is 3.09. The molecule has 0 fully saturated rings. The highest BCUT2D eigenvalue weighted by atomic mass is 35.5. The second-order valence-electron chi connectivity index (χ2n) is 5.00. The van der Waals surface area contributed by atoms with Crippen molar-refractivity contribution < 1.29 is 9.53 Å². The van der Waals surface area contributed by atoms with Gasteiger partial charge in [0.15, 0.2) is 0 Å². The van der Waals surface area contributed by atoms with E-state index >= 15 is 0 Å². The Kier molecular flexibility index (Phi) is 4.23. The van der Waals surface area contributed by atoms with E-state index in [9.17, 15) is 4.79 Å². The normalized spacial score (nSPS) is 17.1. The van der Waals surface area contributed by atoms with Gasteiger partial charge in [-0.1, -0.05) is 48.0 Å². The van der Waals surface area contributed by atoms with Crippen molar-refractivity contribution in [2.24, 2.45) is 0 Å². The summed E-state index contributed by atoms with van der Waals surface area (Å²) in [4.78, 5) is 12.2. The molecule has 1 aliphatic heterocycles. The molecule has 2 aromatic carbocycles. The number of hydrogen-bond donors (Lipinski definition) is 1. The Labute approximate surface area is 128 Å². The molecule has 1 atom stereocenters. The molecular formula is C17H16ClNO2. The Bertz CT molecular complexity index is 657. The third-order valence-electron chi connectivity index (χ3n) is 3.66. The Hall–Kier alpha value is -1.84. The molecule has 21 heavy (non-hydrogen) atoms. The molecule has 3 nitrogen and oxygen atoms in total. The van der Waals surface area contributed by atoms with Crippen LogP contribution in [0.1, 0.15) is 27.6 Å². The van der Waals surface area contributed by atoms with Gasteiger partial charge in [0.1, 0.15) is 6.10 Å². The minimum Gasteiger partial charge on any atom is -0.371 e. The Morgan fingerprint density at radius 3 is 2.81 bits per heavy atom. The number of carbonyl (C=O) groups excluding carboxylic acids is 1. The first kappa shape index (κ1) is 14.1. The summed E-state index contributed by atoms with van der Waals surface area (Å²) in [6.07, 6.45) is 0.826. The molecule has 108 valence electrons. The lowest BCUT2D eigenvalue weighted by Crippen LogP contribution is -2.32. The molecule has 1 aliphatic rings. The smallest absolute Gasteiger partial charge is 0.252 e. The van der Waals surface area contributed by atoms with Crippen LogP contribution in [-0.4, -0.2) is 19.1 Å². The van der Waals surface area contributed by atoms with Crippen LogP contribution in [0.15, 0.2) is 48.5 Å². The van der Waals surface area contributed by atoms with Crippen LogP contribution < -0.4 is 5.32 Å². The van der Waals surface area contributed by atoms with Crippen molar-refractivity contribution in [1.82, 2.24) is 5.32 Å². The number of rotatable bonds is 3. The molecule has 0 saturated carbocycles. The van der Waals surface area contributed by atoms with Crippen molar-refractivity contribution >= 4 is 17.5 Å². The van der Waals surface area contributed by atoms with Crippen LogP contribution in [-0.2, 0) is 11.2 Å².